The molecule has 1 aromatic carbocycles. The van der Waals surface area contributed by atoms with E-state index in [2.05, 4.69) is 24.0 Å². The highest BCUT2D eigenvalue weighted by atomic mass is 35.5. The number of amides is 1. The number of anilines is 1. The molecule has 0 spiro atoms. The Labute approximate surface area is 186 Å². The van der Waals surface area contributed by atoms with E-state index in [4.69, 9.17) is 28.2 Å². The molecule has 5 nitrogen and oxygen atoms in total. The molecule has 3 heterocycles. The first-order valence-electron chi connectivity index (χ1n) is 9.02. The molecule has 4 aromatic rings. The normalized spacial score (nSPS) is 11.3. The molecule has 0 radical (unpaired) electrons. The first-order valence-corrected chi connectivity index (χ1v) is 11.4. The van der Waals surface area contributed by atoms with Crippen molar-refractivity contribution in [2.45, 2.75) is 26.8 Å². The van der Waals surface area contributed by atoms with Gasteiger partial charge in [-0.15, -0.1) is 11.3 Å². The number of imidazole rings is 1. The van der Waals surface area contributed by atoms with Crippen molar-refractivity contribution in [3.63, 3.8) is 0 Å². The molecule has 4 rings (SSSR count). The number of aromatic nitrogens is 3. The van der Waals surface area contributed by atoms with Crippen molar-refractivity contribution >= 4 is 67.1 Å². The molecule has 0 aliphatic rings. The van der Waals surface area contributed by atoms with Gasteiger partial charge in [-0.3, -0.25) is 9.69 Å². The summed E-state index contributed by atoms with van der Waals surface area (Å²) < 4.78 is 3.95. The Bertz CT molecular complexity index is 1170. The van der Waals surface area contributed by atoms with Crippen molar-refractivity contribution in [1.29, 1.82) is 0 Å². The summed E-state index contributed by atoms with van der Waals surface area (Å²) in [6.07, 6.45) is 6.18. The van der Waals surface area contributed by atoms with E-state index in [1.807, 2.05) is 17.7 Å². The number of nitrogens with zero attached hydrogens (tertiary/aromatic N) is 4. The van der Waals surface area contributed by atoms with Crippen LogP contribution in [0.2, 0.25) is 8.67 Å². The van der Waals surface area contributed by atoms with Crippen LogP contribution in [0.3, 0.4) is 0 Å². The monoisotopic (exact) mass is 464 g/mol. The summed E-state index contributed by atoms with van der Waals surface area (Å²) in [5.74, 6) is -0.183. The summed E-state index contributed by atoms with van der Waals surface area (Å²) in [6, 6.07) is 5.83. The standard InChI is InChI=1S/C20H18Cl2N4OS2/c1-12-8-13(2)17-15(9-12)28-20(24-17)26(6-3-5-25-7-4-23-11-25)19(27)14-10-16(21)29-18(14)22/h4,7-11H,3,5-6H2,1-2H3. The second kappa shape index (κ2) is 8.44. The number of thiophene rings is 1. The van der Waals surface area contributed by atoms with Crippen molar-refractivity contribution in [3.05, 3.63) is 62.3 Å². The molecule has 0 atom stereocenters. The maximum atomic E-state index is 13.3. The van der Waals surface area contributed by atoms with E-state index in [0.717, 1.165) is 28.7 Å². The third-order valence-corrected chi connectivity index (χ3v) is 7.05. The molecule has 0 aliphatic carbocycles. The van der Waals surface area contributed by atoms with Crippen LogP contribution in [0.4, 0.5) is 5.13 Å². The number of halogens is 2. The summed E-state index contributed by atoms with van der Waals surface area (Å²) >= 11 is 15.1. The Balaban J connectivity index is 1.68. The number of fused-ring (bicyclic) bond motifs is 1. The number of hydrogen-bond acceptors (Lipinski definition) is 5. The average molecular weight is 465 g/mol. The SMILES string of the molecule is Cc1cc(C)c2nc(N(CCCn3ccnc3)C(=O)c3cc(Cl)sc3Cl)sc2c1. The fourth-order valence-electron chi connectivity index (χ4n) is 3.22. The van der Waals surface area contributed by atoms with Gasteiger partial charge in [0.25, 0.3) is 5.91 Å². The van der Waals surface area contributed by atoms with Gasteiger partial charge in [-0.2, -0.15) is 0 Å². The zero-order valence-corrected chi connectivity index (χ0v) is 19.0. The third kappa shape index (κ3) is 4.33. The van der Waals surface area contributed by atoms with Gasteiger partial charge in [0.2, 0.25) is 0 Å². The van der Waals surface area contributed by atoms with Crippen LogP contribution in [0.5, 0.6) is 0 Å². The van der Waals surface area contributed by atoms with Crippen LogP contribution >= 0.6 is 45.9 Å². The Hall–Kier alpha value is -1.93. The molecule has 0 unspecified atom stereocenters. The lowest BCUT2D eigenvalue weighted by molar-refractivity contribution is 0.0987. The maximum Gasteiger partial charge on any atom is 0.262 e. The minimum atomic E-state index is -0.183. The Morgan fingerprint density at radius 2 is 2.03 bits per heavy atom. The summed E-state index contributed by atoms with van der Waals surface area (Å²) in [5, 5.41) is 0.669. The van der Waals surface area contributed by atoms with Gasteiger partial charge in [0.1, 0.15) is 4.34 Å². The summed E-state index contributed by atoms with van der Waals surface area (Å²) in [5.41, 5.74) is 3.62. The van der Waals surface area contributed by atoms with E-state index < -0.39 is 0 Å². The molecule has 1 amide bonds. The summed E-state index contributed by atoms with van der Waals surface area (Å²) in [6.45, 7) is 5.37. The van der Waals surface area contributed by atoms with Crippen LogP contribution in [0.1, 0.15) is 27.9 Å². The first kappa shape index (κ1) is 20.3. The molecule has 0 fully saturated rings. The van der Waals surface area contributed by atoms with Gasteiger partial charge in [-0.05, 0) is 43.5 Å². The number of carbonyl (C=O) groups excluding carboxylic acids is 1. The van der Waals surface area contributed by atoms with Crippen molar-refractivity contribution in [3.8, 4) is 0 Å². The van der Waals surface area contributed by atoms with Gasteiger partial charge in [0.15, 0.2) is 5.13 Å². The summed E-state index contributed by atoms with van der Waals surface area (Å²) in [4.78, 5) is 23.9. The predicted molar refractivity (Wildman–Crippen MR) is 122 cm³/mol. The molecular weight excluding hydrogens is 447 g/mol. The van der Waals surface area contributed by atoms with Crippen molar-refractivity contribution in [1.82, 2.24) is 14.5 Å². The molecule has 0 saturated heterocycles. The molecule has 29 heavy (non-hydrogen) atoms. The van der Waals surface area contributed by atoms with Crippen molar-refractivity contribution in [2.75, 3.05) is 11.4 Å². The van der Waals surface area contributed by atoms with Crippen LogP contribution in [0.15, 0.2) is 36.9 Å². The summed E-state index contributed by atoms with van der Waals surface area (Å²) in [7, 11) is 0. The Morgan fingerprint density at radius 3 is 2.72 bits per heavy atom. The highest BCUT2D eigenvalue weighted by molar-refractivity contribution is 7.22. The van der Waals surface area contributed by atoms with E-state index in [-0.39, 0.29) is 5.91 Å². The lowest BCUT2D eigenvalue weighted by Crippen LogP contribution is -2.32. The fraction of sp³-hybridized carbons (Fsp3) is 0.250. The topological polar surface area (TPSA) is 51.0 Å². The van der Waals surface area contributed by atoms with Crippen LogP contribution in [0, 0.1) is 13.8 Å². The molecule has 0 N–H and O–H groups in total. The van der Waals surface area contributed by atoms with E-state index in [9.17, 15) is 4.79 Å². The van der Waals surface area contributed by atoms with Gasteiger partial charge >= 0.3 is 0 Å². The second-order valence-corrected chi connectivity index (χ2v) is 10.1. The number of carbonyl (C=O) groups is 1. The fourth-order valence-corrected chi connectivity index (χ4v) is 5.83. The van der Waals surface area contributed by atoms with Crippen LogP contribution in [-0.2, 0) is 6.54 Å². The van der Waals surface area contributed by atoms with Gasteiger partial charge < -0.3 is 4.57 Å². The van der Waals surface area contributed by atoms with Gasteiger partial charge in [-0.25, -0.2) is 9.97 Å². The molecule has 0 bridgehead atoms. The molecule has 3 aromatic heterocycles. The number of aryl methyl sites for hydroxylation is 3. The average Bonchev–Trinajstić information content (AvgIpc) is 3.38. The molecule has 9 heteroatoms. The second-order valence-electron chi connectivity index (χ2n) is 6.77. The minimum absolute atomic E-state index is 0.183. The van der Waals surface area contributed by atoms with Crippen LogP contribution in [-0.4, -0.2) is 27.0 Å². The highest BCUT2D eigenvalue weighted by Gasteiger charge is 2.25. The minimum Gasteiger partial charge on any atom is -0.337 e. The largest absolute Gasteiger partial charge is 0.337 e. The zero-order chi connectivity index (χ0) is 20.5. The lowest BCUT2D eigenvalue weighted by Gasteiger charge is -2.19. The number of thiazole rings is 1. The van der Waals surface area contributed by atoms with Gasteiger partial charge in [0, 0.05) is 25.5 Å². The Kier molecular flexibility index (Phi) is 5.92. The van der Waals surface area contributed by atoms with E-state index in [0.29, 0.717) is 25.9 Å². The van der Waals surface area contributed by atoms with Crippen LogP contribution in [0.25, 0.3) is 10.2 Å². The first-order chi connectivity index (χ1) is 13.9. The van der Waals surface area contributed by atoms with Crippen molar-refractivity contribution in [2.24, 2.45) is 0 Å². The zero-order valence-electron chi connectivity index (χ0n) is 15.9. The van der Waals surface area contributed by atoms with Gasteiger partial charge in [0.05, 0.1) is 26.4 Å². The Morgan fingerprint density at radius 1 is 1.21 bits per heavy atom. The lowest BCUT2D eigenvalue weighted by atomic mass is 10.1. The van der Waals surface area contributed by atoms with Gasteiger partial charge in [-0.1, -0.05) is 40.6 Å². The number of rotatable bonds is 6. The molecular formula is C20H18Cl2N4OS2. The van der Waals surface area contributed by atoms with Crippen molar-refractivity contribution < 1.29 is 4.79 Å². The van der Waals surface area contributed by atoms with E-state index in [1.54, 1.807) is 23.5 Å². The number of hydrogen-bond donors (Lipinski definition) is 0. The predicted octanol–water partition coefficient (Wildman–Crippen LogP) is 6.22. The third-order valence-electron chi connectivity index (χ3n) is 4.54. The van der Waals surface area contributed by atoms with Crippen LogP contribution < -0.4 is 4.90 Å². The number of benzene rings is 1. The van der Waals surface area contributed by atoms with E-state index >= 15 is 0 Å². The van der Waals surface area contributed by atoms with E-state index in [1.165, 1.54) is 28.2 Å². The highest BCUT2D eigenvalue weighted by Crippen LogP contribution is 2.36. The molecule has 150 valence electrons. The maximum absolute atomic E-state index is 13.3. The molecule has 0 saturated carbocycles. The smallest absolute Gasteiger partial charge is 0.262 e. The molecule has 0 aliphatic heterocycles. The quantitative estimate of drug-likeness (QED) is 0.340.